The van der Waals surface area contributed by atoms with Crippen LogP contribution in [0, 0.1) is 5.82 Å². The number of rotatable bonds is 3. The molecular weight excluding hydrogens is 223 g/mol. The maximum atomic E-state index is 13.1. The summed E-state index contributed by atoms with van der Waals surface area (Å²) in [6.45, 7) is 0. The van der Waals surface area contributed by atoms with Gasteiger partial charge in [-0.1, -0.05) is 12.1 Å². The van der Waals surface area contributed by atoms with E-state index in [1.54, 1.807) is 12.1 Å². The predicted octanol–water partition coefficient (Wildman–Crippen LogP) is 2.30. The van der Waals surface area contributed by atoms with Gasteiger partial charge in [-0.15, -0.1) is 0 Å². The van der Waals surface area contributed by atoms with Crippen LogP contribution < -0.4 is 9.47 Å². The Hall–Kier alpha value is -2.17. The summed E-state index contributed by atoms with van der Waals surface area (Å²) in [7, 11) is 2.99. The topological polar surface area (TPSA) is 44.2 Å². The molecule has 0 radical (unpaired) electrons. The Balaban J connectivity index is 2.46. The van der Waals surface area contributed by atoms with Gasteiger partial charge in [0.05, 0.1) is 20.4 Å². The predicted molar refractivity (Wildman–Crippen MR) is 60.5 cm³/mol. The summed E-state index contributed by atoms with van der Waals surface area (Å²) < 4.78 is 23.2. The second kappa shape index (κ2) is 4.78. The Morgan fingerprint density at radius 3 is 2.65 bits per heavy atom. The maximum Gasteiger partial charge on any atom is 0.260 e. The van der Waals surface area contributed by atoms with Crippen molar-refractivity contribution in [3.8, 4) is 23.0 Å². The molecule has 0 saturated carbocycles. The molecule has 1 heterocycles. The zero-order valence-electron chi connectivity index (χ0n) is 9.48. The molecule has 0 amide bonds. The zero-order valence-corrected chi connectivity index (χ0v) is 9.48. The summed E-state index contributed by atoms with van der Waals surface area (Å²) in [5, 5.41) is 0. The first kappa shape index (κ1) is 11.3. The van der Waals surface area contributed by atoms with Crippen LogP contribution in [0.2, 0.25) is 0 Å². The van der Waals surface area contributed by atoms with Crippen LogP contribution in [0.5, 0.6) is 11.6 Å². The lowest BCUT2D eigenvalue weighted by atomic mass is 10.2. The SMILES string of the molecule is COc1cnc(-c2cccc(F)c2)nc1OC. The highest BCUT2D eigenvalue weighted by Gasteiger charge is 2.09. The van der Waals surface area contributed by atoms with Crippen molar-refractivity contribution in [3.05, 3.63) is 36.3 Å². The van der Waals surface area contributed by atoms with E-state index in [1.807, 2.05) is 0 Å². The van der Waals surface area contributed by atoms with E-state index in [0.29, 0.717) is 23.0 Å². The van der Waals surface area contributed by atoms with Crippen molar-refractivity contribution in [3.63, 3.8) is 0 Å². The first-order valence-electron chi connectivity index (χ1n) is 4.95. The molecule has 0 aliphatic heterocycles. The van der Waals surface area contributed by atoms with Gasteiger partial charge in [0.2, 0.25) is 0 Å². The van der Waals surface area contributed by atoms with Crippen molar-refractivity contribution in [1.29, 1.82) is 0 Å². The number of hydrogen-bond donors (Lipinski definition) is 0. The lowest BCUT2D eigenvalue weighted by Crippen LogP contribution is -1.97. The summed E-state index contributed by atoms with van der Waals surface area (Å²) in [4.78, 5) is 8.24. The number of methoxy groups -OCH3 is 2. The third kappa shape index (κ3) is 2.33. The van der Waals surface area contributed by atoms with Gasteiger partial charge in [-0.25, -0.2) is 9.37 Å². The number of nitrogens with zero attached hydrogens (tertiary/aromatic N) is 2. The van der Waals surface area contributed by atoms with Crippen LogP contribution in [0.15, 0.2) is 30.5 Å². The molecule has 0 atom stereocenters. The first-order chi connectivity index (χ1) is 8.24. The van der Waals surface area contributed by atoms with Crippen molar-refractivity contribution in [1.82, 2.24) is 9.97 Å². The number of benzene rings is 1. The minimum absolute atomic E-state index is 0.321. The van der Waals surface area contributed by atoms with E-state index in [0.717, 1.165) is 0 Å². The average molecular weight is 234 g/mol. The quantitative estimate of drug-likeness (QED) is 0.817. The lowest BCUT2D eigenvalue weighted by Gasteiger charge is -2.07. The van der Waals surface area contributed by atoms with Crippen molar-refractivity contribution < 1.29 is 13.9 Å². The second-order valence-electron chi connectivity index (χ2n) is 3.28. The molecule has 0 saturated heterocycles. The van der Waals surface area contributed by atoms with Crippen LogP contribution in [0.25, 0.3) is 11.4 Å². The fourth-order valence-corrected chi connectivity index (χ4v) is 1.41. The normalized spacial score (nSPS) is 10.1. The van der Waals surface area contributed by atoms with Crippen molar-refractivity contribution >= 4 is 0 Å². The van der Waals surface area contributed by atoms with Gasteiger partial charge >= 0.3 is 0 Å². The summed E-state index contributed by atoms with van der Waals surface area (Å²) in [5.41, 5.74) is 0.589. The molecule has 0 N–H and O–H groups in total. The monoisotopic (exact) mass is 234 g/mol. The van der Waals surface area contributed by atoms with Gasteiger partial charge in [0.25, 0.3) is 5.88 Å². The Labute approximate surface area is 98.1 Å². The van der Waals surface area contributed by atoms with E-state index in [2.05, 4.69) is 9.97 Å². The number of hydrogen-bond acceptors (Lipinski definition) is 4. The molecule has 0 aliphatic rings. The minimum Gasteiger partial charge on any atom is -0.490 e. The molecule has 0 unspecified atom stereocenters. The van der Waals surface area contributed by atoms with Crippen LogP contribution in [-0.2, 0) is 0 Å². The molecule has 1 aromatic heterocycles. The van der Waals surface area contributed by atoms with E-state index < -0.39 is 0 Å². The highest BCUT2D eigenvalue weighted by atomic mass is 19.1. The Bertz CT molecular complexity index is 532. The number of ether oxygens (including phenoxy) is 2. The van der Waals surface area contributed by atoms with Crippen molar-refractivity contribution in [2.24, 2.45) is 0 Å². The molecule has 1 aromatic carbocycles. The smallest absolute Gasteiger partial charge is 0.260 e. The molecular formula is C12H11FN2O2. The van der Waals surface area contributed by atoms with Crippen LogP contribution in [0.3, 0.4) is 0 Å². The molecule has 0 fully saturated rings. The molecule has 0 bridgehead atoms. The third-order valence-corrected chi connectivity index (χ3v) is 2.22. The van der Waals surface area contributed by atoms with Gasteiger partial charge in [-0.3, -0.25) is 0 Å². The summed E-state index contributed by atoms with van der Waals surface area (Å²) in [6.07, 6.45) is 1.49. The van der Waals surface area contributed by atoms with Crippen LogP contribution in [0.4, 0.5) is 4.39 Å². The molecule has 0 aliphatic carbocycles. The number of aromatic nitrogens is 2. The van der Waals surface area contributed by atoms with Crippen LogP contribution in [0.1, 0.15) is 0 Å². The lowest BCUT2D eigenvalue weighted by molar-refractivity contribution is 0.341. The van der Waals surface area contributed by atoms with Crippen LogP contribution >= 0.6 is 0 Å². The first-order valence-corrected chi connectivity index (χ1v) is 4.95. The Morgan fingerprint density at radius 2 is 2.00 bits per heavy atom. The Morgan fingerprint density at radius 1 is 1.18 bits per heavy atom. The fraction of sp³-hybridized carbons (Fsp3) is 0.167. The van der Waals surface area contributed by atoms with Crippen molar-refractivity contribution in [2.75, 3.05) is 14.2 Å². The Kier molecular flexibility index (Phi) is 3.18. The molecule has 17 heavy (non-hydrogen) atoms. The second-order valence-corrected chi connectivity index (χ2v) is 3.28. The number of halogens is 1. The standard InChI is InChI=1S/C12H11FN2O2/c1-16-10-7-14-11(15-12(10)17-2)8-4-3-5-9(13)6-8/h3-7H,1-2H3. The molecule has 88 valence electrons. The molecule has 2 aromatic rings. The minimum atomic E-state index is -0.333. The molecule has 2 rings (SSSR count). The highest BCUT2D eigenvalue weighted by molar-refractivity contribution is 5.56. The van der Waals surface area contributed by atoms with Gasteiger partial charge in [-0.05, 0) is 12.1 Å². The van der Waals surface area contributed by atoms with Crippen LogP contribution in [-0.4, -0.2) is 24.2 Å². The summed E-state index contributed by atoms with van der Waals surface area (Å²) in [5.74, 6) is 0.817. The van der Waals surface area contributed by atoms with E-state index >= 15 is 0 Å². The third-order valence-electron chi connectivity index (χ3n) is 2.22. The fourth-order valence-electron chi connectivity index (χ4n) is 1.41. The van der Waals surface area contributed by atoms with E-state index in [1.165, 1.54) is 32.5 Å². The summed E-state index contributed by atoms with van der Waals surface area (Å²) >= 11 is 0. The van der Waals surface area contributed by atoms with Gasteiger partial charge in [0.15, 0.2) is 11.6 Å². The van der Waals surface area contributed by atoms with E-state index in [4.69, 9.17) is 9.47 Å². The highest BCUT2D eigenvalue weighted by Crippen LogP contribution is 2.26. The van der Waals surface area contributed by atoms with Gasteiger partial charge in [0, 0.05) is 5.56 Å². The largest absolute Gasteiger partial charge is 0.490 e. The molecule has 0 spiro atoms. The average Bonchev–Trinajstić information content (AvgIpc) is 2.38. The molecule has 4 nitrogen and oxygen atoms in total. The van der Waals surface area contributed by atoms with Crippen molar-refractivity contribution in [2.45, 2.75) is 0 Å². The zero-order chi connectivity index (χ0) is 12.3. The van der Waals surface area contributed by atoms with E-state index in [9.17, 15) is 4.39 Å². The maximum absolute atomic E-state index is 13.1. The van der Waals surface area contributed by atoms with E-state index in [-0.39, 0.29) is 5.82 Å². The van der Waals surface area contributed by atoms with Gasteiger partial charge in [-0.2, -0.15) is 4.98 Å². The van der Waals surface area contributed by atoms with Gasteiger partial charge < -0.3 is 9.47 Å². The van der Waals surface area contributed by atoms with Gasteiger partial charge in [0.1, 0.15) is 5.82 Å². The summed E-state index contributed by atoms with van der Waals surface area (Å²) in [6, 6.07) is 6.06. The molecule has 5 heteroatoms.